The molecule has 0 radical (unpaired) electrons. The van der Waals surface area contributed by atoms with E-state index in [0.717, 1.165) is 0 Å². The van der Waals surface area contributed by atoms with Crippen LogP contribution in [0.15, 0.2) is 121 Å². The molecule has 0 spiro atoms. The van der Waals surface area contributed by atoms with Gasteiger partial charge in [-0.3, -0.25) is 0 Å². The Kier molecular flexibility index (Phi) is 8.48. The minimum Gasteiger partial charge on any atom is -0.435 e. The second-order valence-electron chi connectivity index (χ2n) is 13.3. The lowest BCUT2D eigenvalue weighted by Gasteiger charge is -2.13. The van der Waals surface area contributed by atoms with E-state index >= 15 is 8.78 Å². The van der Waals surface area contributed by atoms with Gasteiger partial charge < -0.3 is 18.9 Å². The Morgan fingerprint density at radius 2 is 0.468 bits per heavy atom. The standard InChI is InChI=1S/C44H20F4N10O4/c45-25-26(46)28(48)30-29(27(25)47)49-31-32(50-30)34-36(54-40-38(52-34)56-42(60-22-15-7-2-8-16-22)44(58-40)62-24-19-11-4-12-20-24)35-33(31)51-37-39(53-35)57-43(61-23-17-9-3-10-18-23)41(55-37)59-21-13-5-1-6-14-21/h1-20H. The predicted octanol–water partition coefficient (Wildman–Crippen LogP) is 10.3. The van der Waals surface area contributed by atoms with Crippen LogP contribution in [0.25, 0.3) is 66.7 Å². The first-order chi connectivity index (χ1) is 30.3. The monoisotopic (exact) mass is 828 g/mol. The lowest BCUT2D eigenvalue weighted by Crippen LogP contribution is -2.06. The fraction of sp³-hybridized carbons (Fsp3) is 0. The van der Waals surface area contributed by atoms with Crippen LogP contribution in [0.2, 0.25) is 0 Å². The minimum atomic E-state index is -2.08. The fourth-order valence-electron chi connectivity index (χ4n) is 6.51. The Morgan fingerprint density at radius 3 is 0.710 bits per heavy atom. The molecule has 0 amide bonds. The molecule has 0 aliphatic carbocycles. The van der Waals surface area contributed by atoms with Crippen molar-refractivity contribution in [2.75, 3.05) is 0 Å². The van der Waals surface area contributed by atoms with E-state index in [9.17, 15) is 8.78 Å². The SMILES string of the molecule is Fc1c(F)c(F)c2nc3c4nc5nc(Oc6ccccc6)c(Oc6ccccc6)nc5nc4c4nc5nc(Oc6ccccc6)c(Oc6ccccc6)nc5nc4c3nc2c1F. The van der Waals surface area contributed by atoms with Crippen LogP contribution >= 0.6 is 0 Å². The first-order valence-electron chi connectivity index (χ1n) is 18.5. The summed E-state index contributed by atoms with van der Waals surface area (Å²) >= 11 is 0. The molecule has 0 unspecified atom stereocenters. The summed E-state index contributed by atoms with van der Waals surface area (Å²) in [6, 6.07) is 34.9. The number of hydrogen-bond acceptors (Lipinski definition) is 14. The molecule has 14 nitrogen and oxygen atoms in total. The van der Waals surface area contributed by atoms with E-state index in [2.05, 4.69) is 29.9 Å². The maximum absolute atomic E-state index is 15.4. The molecular formula is C44H20F4N10O4. The maximum Gasteiger partial charge on any atom is 0.286 e. The largest absolute Gasteiger partial charge is 0.435 e. The Balaban J connectivity index is 1.21. The molecule has 5 heterocycles. The third-order valence-corrected chi connectivity index (χ3v) is 9.31. The second kappa shape index (κ2) is 14.5. The van der Waals surface area contributed by atoms with Gasteiger partial charge in [0.25, 0.3) is 23.5 Å². The van der Waals surface area contributed by atoms with Crippen molar-refractivity contribution in [1.82, 2.24) is 49.8 Å². The molecular weight excluding hydrogens is 809 g/mol. The van der Waals surface area contributed by atoms with E-state index in [1.165, 1.54) is 0 Å². The summed E-state index contributed by atoms with van der Waals surface area (Å²) in [6.45, 7) is 0. The molecule has 62 heavy (non-hydrogen) atoms. The van der Waals surface area contributed by atoms with Crippen LogP contribution in [-0.4, -0.2) is 49.8 Å². The topological polar surface area (TPSA) is 166 Å². The zero-order chi connectivity index (χ0) is 41.9. The molecule has 0 bridgehead atoms. The van der Waals surface area contributed by atoms with Crippen molar-refractivity contribution in [3.8, 4) is 46.5 Å². The number of benzene rings is 6. The molecule has 0 atom stereocenters. The summed E-state index contributed by atoms with van der Waals surface area (Å²) in [5.41, 5.74) is -3.04. The highest BCUT2D eigenvalue weighted by Gasteiger charge is 2.28. The second-order valence-corrected chi connectivity index (χ2v) is 13.3. The van der Waals surface area contributed by atoms with Gasteiger partial charge in [-0.25, -0.2) is 47.5 Å². The molecule has 5 aromatic heterocycles. The Hall–Kier alpha value is -8.80. The molecule has 0 saturated carbocycles. The first kappa shape index (κ1) is 36.3. The van der Waals surface area contributed by atoms with Gasteiger partial charge in [-0.05, 0) is 48.5 Å². The van der Waals surface area contributed by atoms with Crippen LogP contribution in [0.1, 0.15) is 0 Å². The van der Waals surface area contributed by atoms with Crippen molar-refractivity contribution in [1.29, 1.82) is 0 Å². The molecule has 11 rings (SSSR count). The fourth-order valence-corrected chi connectivity index (χ4v) is 6.51. The number of hydrogen-bond donors (Lipinski definition) is 0. The summed E-state index contributed by atoms with van der Waals surface area (Å²) in [4.78, 5) is 46.0. The highest BCUT2D eigenvalue weighted by molar-refractivity contribution is 6.20. The normalized spacial score (nSPS) is 11.5. The maximum atomic E-state index is 15.4. The first-order valence-corrected chi connectivity index (χ1v) is 18.5. The number of nitrogens with zero attached hydrogens (tertiary/aromatic N) is 10. The zero-order valence-corrected chi connectivity index (χ0v) is 31.2. The molecule has 0 aliphatic heterocycles. The van der Waals surface area contributed by atoms with Crippen LogP contribution in [0.4, 0.5) is 17.6 Å². The van der Waals surface area contributed by atoms with Gasteiger partial charge in [0.05, 0.1) is 0 Å². The van der Waals surface area contributed by atoms with E-state index in [4.69, 9.17) is 38.9 Å². The van der Waals surface area contributed by atoms with Gasteiger partial charge in [0.1, 0.15) is 67.1 Å². The lowest BCUT2D eigenvalue weighted by atomic mass is 10.1. The zero-order valence-electron chi connectivity index (χ0n) is 31.2. The van der Waals surface area contributed by atoms with Crippen molar-refractivity contribution < 1.29 is 36.5 Å². The van der Waals surface area contributed by atoms with Crippen LogP contribution in [0, 0.1) is 23.3 Å². The van der Waals surface area contributed by atoms with Crippen molar-refractivity contribution >= 4 is 66.7 Å². The Morgan fingerprint density at radius 1 is 0.242 bits per heavy atom. The minimum absolute atomic E-state index is 0.0415. The van der Waals surface area contributed by atoms with Crippen LogP contribution < -0.4 is 18.9 Å². The highest BCUT2D eigenvalue weighted by atomic mass is 19.2. The third kappa shape index (κ3) is 6.29. The summed E-state index contributed by atoms with van der Waals surface area (Å²) in [7, 11) is 0. The van der Waals surface area contributed by atoms with Gasteiger partial charge in [0.15, 0.2) is 23.3 Å². The number of rotatable bonds is 8. The number of para-hydroxylation sites is 4. The third-order valence-electron chi connectivity index (χ3n) is 9.31. The molecule has 0 aliphatic rings. The van der Waals surface area contributed by atoms with Crippen molar-refractivity contribution in [3.05, 3.63) is 145 Å². The number of aromatic nitrogens is 10. The predicted molar refractivity (Wildman–Crippen MR) is 215 cm³/mol. The van der Waals surface area contributed by atoms with Gasteiger partial charge in [0, 0.05) is 0 Å². The summed E-state index contributed by atoms with van der Waals surface area (Å²) < 4.78 is 84.6. The van der Waals surface area contributed by atoms with E-state index in [1.807, 2.05) is 12.1 Å². The molecule has 298 valence electrons. The quantitative estimate of drug-likeness (QED) is 0.0467. The summed E-state index contributed by atoms with van der Waals surface area (Å²) in [5.74, 6) is -6.48. The average molecular weight is 829 g/mol. The molecule has 0 fully saturated rings. The molecule has 11 aromatic rings. The molecule has 0 saturated heterocycles. The van der Waals surface area contributed by atoms with E-state index < -0.39 is 34.3 Å². The van der Waals surface area contributed by atoms with Crippen LogP contribution in [0.5, 0.6) is 46.5 Å². The smallest absolute Gasteiger partial charge is 0.286 e. The van der Waals surface area contributed by atoms with Crippen molar-refractivity contribution in [3.63, 3.8) is 0 Å². The van der Waals surface area contributed by atoms with E-state index in [0.29, 0.717) is 23.0 Å². The van der Waals surface area contributed by atoms with Crippen molar-refractivity contribution in [2.24, 2.45) is 0 Å². The van der Waals surface area contributed by atoms with Gasteiger partial charge in [-0.2, -0.15) is 19.9 Å². The van der Waals surface area contributed by atoms with E-state index in [-0.39, 0.29) is 79.2 Å². The van der Waals surface area contributed by atoms with Gasteiger partial charge >= 0.3 is 0 Å². The molecule has 6 aromatic carbocycles. The van der Waals surface area contributed by atoms with Crippen LogP contribution in [-0.2, 0) is 0 Å². The summed E-state index contributed by atoms with van der Waals surface area (Å²) in [6.07, 6.45) is 0. The van der Waals surface area contributed by atoms with Crippen molar-refractivity contribution in [2.45, 2.75) is 0 Å². The highest BCUT2D eigenvalue weighted by Crippen LogP contribution is 2.38. The van der Waals surface area contributed by atoms with Crippen LogP contribution in [0.3, 0.4) is 0 Å². The Bertz CT molecular complexity index is 3350. The number of halogens is 4. The summed E-state index contributed by atoms with van der Waals surface area (Å²) in [5, 5.41) is 0. The Labute approximate surface area is 343 Å². The average Bonchev–Trinajstić information content (AvgIpc) is 3.30. The lowest BCUT2D eigenvalue weighted by molar-refractivity contribution is 0.394. The van der Waals surface area contributed by atoms with E-state index in [1.54, 1.807) is 109 Å². The number of ether oxygens (including phenoxy) is 4. The van der Waals surface area contributed by atoms with Gasteiger partial charge in [-0.1, -0.05) is 72.8 Å². The van der Waals surface area contributed by atoms with Gasteiger partial charge in [0.2, 0.25) is 22.6 Å². The van der Waals surface area contributed by atoms with Gasteiger partial charge in [-0.15, -0.1) is 0 Å². The number of fused-ring (bicyclic) bond motifs is 9. The molecule has 18 heteroatoms. The molecule has 0 N–H and O–H groups in total.